The lowest BCUT2D eigenvalue weighted by Gasteiger charge is -2.14. The topological polar surface area (TPSA) is 81.0 Å². The maximum absolute atomic E-state index is 12.9. The van der Waals surface area contributed by atoms with Gasteiger partial charge in [-0.2, -0.15) is 0 Å². The molecule has 0 unspecified atom stereocenters. The number of hydrogen-bond acceptors (Lipinski definition) is 7. The molecule has 1 N–H and O–H groups in total. The molecule has 0 aliphatic carbocycles. The largest absolute Gasteiger partial charge is 0.493 e. The molecule has 36 heavy (non-hydrogen) atoms. The summed E-state index contributed by atoms with van der Waals surface area (Å²) in [5.41, 5.74) is 2.07. The zero-order valence-corrected chi connectivity index (χ0v) is 22.3. The first kappa shape index (κ1) is 26.1. The van der Waals surface area contributed by atoms with E-state index in [1.807, 2.05) is 13.0 Å². The second-order valence-corrected chi connectivity index (χ2v) is 10.2. The number of rotatable bonds is 8. The Kier molecular flexibility index (Phi) is 8.25. The number of carbonyl (C=O) groups is 2. The molecule has 4 rings (SSSR count). The highest BCUT2D eigenvalue weighted by molar-refractivity contribution is 8.26. The van der Waals surface area contributed by atoms with E-state index in [0.29, 0.717) is 37.0 Å². The Labute approximate surface area is 227 Å². The fourth-order valence-corrected chi connectivity index (χ4v) is 5.02. The van der Waals surface area contributed by atoms with E-state index in [9.17, 15) is 9.59 Å². The summed E-state index contributed by atoms with van der Waals surface area (Å²) in [5.74, 6) is 0.528. The number of amides is 2. The minimum absolute atomic E-state index is 0.207. The maximum Gasteiger partial charge on any atom is 0.266 e. The van der Waals surface area contributed by atoms with Crippen LogP contribution in [0.15, 0.2) is 58.1 Å². The van der Waals surface area contributed by atoms with E-state index in [1.165, 1.54) is 23.8 Å². The number of aryl methyl sites for hydroxylation is 1. The van der Waals surface area contributed by atoms with Gasteiger partial charge in [-0.15, -0.1) is 0 Å². The molecule has 1 aliphatic rings. The van der Waals surface area contributed by atoms with E-state index in [1.54, 1.807) is 48.7 Å². The number of thiocarbonyl (C=S) groups is 1. The van der Waals surface area contributed by atoms with Crippen LogP contribution in [0.1, 0.15) is 16.9 Å². The van der Waals surface area contributed by atoms with Crippen molar-refractivity contribution in [3.8, 4) is 11.5 Å². The molecule has 0 bridgehead atoms. The fourth-order valence-electron chi connectivity index (χ4n) is 3.31. The van der Waals surface area contributed by atoms with Crippen molar-refractivity contribution >= 4 is 75.1 Å². The Morgan fingerprint density at radius 3 is 2.72 bits per heavy atom. The van der Waals surface area contributed by atoms with Gasteiger partial charge in [0.05, 0.1) is 29.8 Å². The minimum Gasteiger partial charge on any atom is -0.493 e. The SMILES string of the molecule is COc1cc(/C=C2\SC(=S)N(Cc3ccco3)C2=O)cc(Cl)c1OCC(=O)Nc1ccc(C)c(Cl)c1. The second-order valence-electron chi connectivity index (χ2n) is 7.68. The summed E-state index contributed by atoms with van der Waals surface area (Å²) in [6.45, 7) is 1.83. The number of furan rings is 1. The quantitative estimate of drug-likeness (QED) is 0.254. The molecule has 11 heteroatoms. The fraction of sp³-hybridized carbons (Fsp3) is 0.160. The van der Waals surface area contributed by atoms with Gasteiger partial charge in [-0.05, 0) is 60.5 Å². The number of nitrogens with one attached hydrogen (secondary N) is 1. The Morgan fingerprint density at radius 1 is 1.22 bits per heavy atom. The van der Waals surface area contributed by atoms with E-state index in [-0.39, 0.29) is 29.8 Å². The van der Waals surface area contributed by atoms with Crippen LogP contribution in [-0.2, 0) is 16.1 Å². The first-order chi connectivity index (χ1) is 17.2. The summed E-state index contributed by atoms with van der Waals surface area (Å²) in [7, 11) is 1.46. The molecule has 2 amide bonds. The van der Waals surface area contributed by atoms with Gasteiger partial charge in [0.25, 0.3) is 11.8 Å². The van der Waals surface area contributed by atoms with Crippen molar-refractivity contribution in [2.75, 3.05) is 19.0 Å². The number of benzene rings is 2. The summed E-state index contributed by atoms with van der Waals surface area (Å²) >= 11 is 19.1. The van der Waals surface area contributed by atoms with Gasteiger partial charge in [-0.25, -0.2) is 0 Å². The number of carbonyl (C=O) groups excluding carboxylic acids is 2. The Morgan fingerprint density at radius 2 is 2.03 bits per heavy atom. The molecule has 1 aromatic heterocycles. The van der Waals surface area contributed by atoms with Crippen LogP contribution in [0.3, 0.4) is 0 Å². The van der Waals surface area contributed by atoms with Crippen molar-refractivity contribution in [2.45, 2.75) is 13.5 Å². The number of halogens is 2. The third kappa shape index (κ3) is 6.04. The summed E-state index contributed by atoms with van der Waals surface area (Å²) in [4.78, 5) is 27.2. The number of nitrogens with zero attached hydrogens (tertiary/aromatic N) is 1. The lowest BCUT2D eigenvalue weighted by atomic mass is 10.1. The smallest absolute Gasteiger partial charge is 0.266 e. The van der Waals surface area contributed by atoms with Gasteiger partial charge in [-0.3, -0.25) is 14.5 Å². The number of thioether (sulfide) groups is 1. The molecular formula is C25H20Cl2N2O5S2. The number of anilines is 1. The van der Waals surface area contributed by atoms with E-state index < -0.39 is 5.91 Å². The van der Waals surface area contributed by atoms with Crippen molar-refractivity contribution in [1.29, 1.82) is 0 Å². The zero-order chi connectivity index (χ0) is 25.8. The first-order valence-corrected chi connectivity index (χ1v) is 12.6. The van der Waals surface area contributed by atoms with Gasteiger partial charge < -0.3 is 19.2 Å². The molecular weight excluding hydrogens is 543 g/mol. The highest BCUT2D eigenvalue weighted by Gasteiger charge is 2.32. The third-order valence-electron chi connectivity index (χ3n) is 5.12. The molecule has 0 atom stereocenters. The molecule has 3 aromatic rings. The van der Waals surface area contributed by atoms with Crippen molar-refractivity contribution in [3.63, 3.8) is 0 Å². The summed E-state index contributed by atoms with van der Waals surface area (Å²) in [6, 6.07) is 12.0. The Hall–Kier alpha value is -2.98. The number of hydrogen-bond donors (Lipinski definition) is 1. The molecule has 0 spiro atoms. The highest BCUT2D eigenvalue weighted by atomic mass is 35.5. The molecule has 0 saturated carbocycles. The average molecular weight is 563 g/mol. The lowest BCUT2D eigenvalue weighted by molar-refractivity contribution is -0.122. The molecule has 0 radical (unpaired) electrons. The number of methoxy groups -OCH3 is 1. The standard InChI is InChI=1S/C25H20Cl2N2O5S2/c1-14-5-6-16(11-18(14)26)28-22(30)13-34-23-19(27)8-15(9-20(23)32-2)10-21-24(31)29(25(35)36-21)12-17-4-3-7-33-17/h3-11H,12-13H2,1-2H3,(H,28,30)/b21-10-. The second kappa shape index (κ2) is 11.4. The average Bonchev–Trinajstić information content (AvgIpc) is 3.44. The van der Waals surface area contributed by atoms with Crippen LogP contribution in [0.2, 0.25) is 10.0 Å². The van der Waals surface area contributed by atoms with Crippen molar-refractivity contribution in [3.05, 3.63) is 80.6 Å². The first-order valence-electron chi connectivity index (χ1n) is 10.6. The van der Waals surface area contributed by atoms with Gasteiger partial charge in [0.1, 0.15) is 10.1 Å². The predicted octanol–water partition coefficient (Wildman–Crippen LogP) is 6.32. The molecule has 7 nitrogen and oxygen atoms in total. The van der Waals surface area contributed by atoms with Crippen LogP contribution < -0.4 is 14.8 Å². The Balaban J connectivity index is 1.46. The molecule has 1 fully saturated rings. The van der Waals surface area contributed by atoms with E-state index in [0.717, 1.165) is 5.56 Å². The van der Waals surface area contributed by atoms with Gasteiger partial charge in [0, 0.05) is 10.7 Å². The number of ether oxygens (including phenoxy) is 2. The monoisotopic (exact) mass is 562 g/mol. The van der Waals surface area contributed by atoms with Gasteiger partial charge in [0.15, 0.2) is 18.1 Å². The van der Waals surface area contributed by atoms with Crippen LogP contribution in [0.5, 0.6) is 11.5 Å². The van der Waals surface area contributed by atoms with Crippen LogP contribution in [0, 0.1) is 6.92 Å². The highest BCUT2D eigenvalue weighted by Crippen LogP contribution is 2.39. The molecule has 1 saturated heterocycles. The normalized spacial score (nSPS) is 14.4. The van der Waals surface area contributed by atoms with Crippen molar-refractivity contribution < 1.29 is 23.5 Å². The van der Waals surface area contributed by atoms with Crippen LogP contribution in [0.25, 0.3) is 6.08 Å². The summed E-state index contributed by atoms with van der Waals surface area (Å²) in [6.07, 6.45) is 3.22. The zero-order valence-electron chi connectivity index (χ0n) is 19.2. The van der Waals surface area contributed by atoms with E-state index in [4.69, 9.17) is 49.3 Å². The lowest BCUT2D eigenvalue weighted by Crippen LogP contribution is -2.27. The molecule has 2 aromatic carbocycles. The summed E-state index contributed by atoms with van der Waals surface area (Å²) in [5, 5.41) is 3.49. The minimum atomic E-state index is -0.391. The predicted molar refractivity (Wildman–Crippen MR) is 146 cm³/mol. The summed E-state index contributed by atoms with van der Waals surface area (Å²) < 4.78 is 16.8. The third-order valence-corrected chi connectivity index (χ3v) is 7.19. The van der Waals surface area contributed by atoms with Crippen molar-refractivity contribution in [1.82, 2.24) is 4.90 Å². The van der Waals surface area contributed by atoms with Gasteiger partial charge in [-0.1, -0.05) is 53.2 Å². The maximum atomic E-state index is 12.9. The Bertz CT molecular complexity index is 1360. The molecule has 1 aliphatic heterocycles. The van der Waals surface area contributed by atoms with Crippen LogP contribution >= 0.6 is 47.2 Å². The van der Waals surface area contributed by atoms with Crippen LogP contribution in [-0.4, -0.2) is 34.8 Å². The molecule has 2 heterocycles. The van der Waals surface area contributed by atoms with Crippen molar-refractivity contribution in [2.24, 2.45) is 0 Å². The van der Waals surface area contributed by atoms with E-state index >= 15 is 0 Å². The van der Waals surface area contributed by atoms with E-state index in [2.05, 4.69) is 5.32 Å². The van der Waals surface area contributed by atoms with Gasteiger partial charge >= 0.3 is 0 Å². The molecule has 186 valence electrons. The van der Waals surface area contributed by atoms with Gasteiger partial charge in [0.2, 0.25) is 0 Å². The van der Waals surface area contributed by atoms with Crippen LogP contribution in [0.4, 0.5) is 5.69 Å².